The average molecular weight is 244 g/mol. The first kappa shape index (κ1) is 12.2. The number of ether oxygens (including phenoxy) is 1. The number of aromatic nitrogens is 1. The number of amides is 1. The summed E-state index contributed by atoms with van der Waals surface area (Å²) < 4.78 is 6.83. The van der Waals surface area contributed by atoms with E-state index in [1.165, 1.54) is 0 Å². The second-order valence-electron chi connectivity index (χ2n) is 4.12. The molecule has 0 saturated heterocycles. The Balaban J connectivity index is 2.17. The van der Waals surface area contributed by atoms with Crippen LogP contribution in [0, 0.1) is 13.8 Å². The topological polar surface area (TPSA) is 43.3 Å². The minimum absolute atomic E-state index is 0.139. The molecule has 1 N–H and O–H groups in total. The smallest absolute Gasteiger partial charge is 0.270 e. The van der Waals surface area contributed by atoms with E-state index in [0.717, 1.165) is 17.1 Å². The molecule has 1 aromatic carbocycles. The van der Waals surface area contributed by atoms with Crippen molar-refractivity contribution < 1.29 is 9.53 Å². The van der Waals surface area contributed by atoms with Crippen molar-refractivity contribution in [2.75, 3.05) is 12.5 Å². The van der Waals surface area contributed by atoms with Crippen LogP contribution in [0.1, 0.15) is 21.7 Å². The van der Waals surface area contributed by atoms with E-state index in [0.29, 0.717) is 5.56 Å². The molecule has 0 radical (unpaired) electrons. The lowest BCUT2D eigenvalue weighted by Crippen LogP contribution is -2.24. The van der Waals surface area contributed by atoms with Gasteiger partial charge in [-0.15, -0.1) is 0 Å². The van der Waals surface area contributed by atoms with E-state index in [1.807, 2.05) is 26.0 Å². The van der Waals surface area contributed by atoms with Gasteiger partial charge in [-0.3, -0.25) is 14.9 Å². The van der Waals surface area contributed by atoms with E-state index in [9.17, 15) is 4.79 Å². The van der Waals surface area contributed by atoms with Gasteiger partial charge >= 0.3 is 0 Å². The predicted molar refractivity (Wildman–Crippen MR) is 70.6 cm³/mol. The Labute approximate surface area is 106 Å². The zero-order valence-electron chi connectivity index (χ0n) is 10.7. The number of carbonyl (C=O) groups is 1. The highest BCUT2D eigenvalue weighted by molar-refractivity contribution is 6.00. The molecule has 0 spiro atoms. The summed E-state index contributed by atoms with van der Waals surface area (Å²) in [5.41, 5.74) is 5.44. The zero-order valence-corrected chi connectivity index (χ0v) is 10.7. The minimum Gasteiger partial charge on any atom is -0.497 e. The zero-order chi connectivity index (χ0) is 13.1. The highest BCUT2D eigenvalue weighted by Gasteiger charge is 2.08. The Morgan fingerprint density at radius 1 is 1.06 bits per heavy atom. The van der Waals surface area contributed by atoms with Gasteiger partial charge in [0.25, 0.3) is 5.91 Å². The second-order valence-corrected chi connectivity index (χ2v) is 4.12. The van der Waals surface area contributed by atoms with Crippen molar-refractivity contribution in [2.45, 2.75) is 13.8 Å². The molecule has 18 heavy (non-hydrogen) atoms. The van der Waals surface area contributed by atoms with Crippen molar-refractivity contribution in [1.29, 1.82) is 0 Å². The van der Waals surface area contributed by atoms with Crippen molar-refractivity contribution >= 4 is 5.91 Å². The minimum atomic E-state index is -0.139. The van der Waals surface area contributed by atoms with Gasteiger partial charge in [0.2, 0.25) is 0 Å². The molecule has 0 bridgehead atoms. The number of nitrogens with one attached hydrogen (secondary N) is 1. The number of methoxy groups -OCH3 is 1. The summed E-state index contributed by atoms with van der Waals surface area (Å²) in [4.78, 5) is 12.0. The lowest BCUT2D eigenvalue weighted by atomic mass is 10.2. The van der Waals surface area contributed by atoms with Gasteiger partial charge in [-0.1, -0.05) is 0 Å². The molecule has 1 aromatic heterocycles. The number of carbonyl (C=O) groups excluding carboxylic acids is 1. The van der Waals surface area contributed by atoms with Crippen molar-refractivity contribution in [3.8, 4) is 5.75 Å². The van der Waals surface area contributed by atoms with E-state index < -0.39 is 0 Å². The van der Waals surface area contributed by atoms with E-state index >= 15 is 0 Å². The quantitative estimate of drug-likeness (QED) is 0.901. The Morgan fingerprint density at radius 3 is 2.11 bits per heavy atom. The lowest BCUT2D eigenvalue weighted by molar-refractivity contribution is 0.101. The maximum absolute atomic E-state index is 12.0. The second kappa shape index (κ2) is 4.96. The van der Waals surface area contributed by atoms with Gasteiger partial charge < -0.3 is 4.74 Å². The first-order chi connectivity index (χ1) is 8.61. The Bertz CT molecular complexity index is 536. The molecule has 0 aliphatic carbocycles. The van der Waals surface area contributed by atoms with Crippen LogP contribution in [-0.2, 0) is 0 Å². The first-order valence-corrected chi connectivity index (χ1v) is 5.72. The molecular weight excluding hydrogens is 228 g/mol. The van der Waals surface area contributed by atoms with Gasteiger partial charge in [-0.25, -0.2) is 0 Å². The lowest BCUT2D eigenvalue weighted by Gasteiger charge is -2.11. The van der Waals surface area contributed by atoms with Crippen LogP contribution in [-0.4, -0.2) is 17.7 Å². The number of hydrogen-bond donors (Lipinski definition) is 1. The Kier molecular flexibility index (Phi) is 3.37. The Hall–Kier alpha value is -2.23. The van der Waals surface area contributed by atoms with E-state index in [2.05, 4.69) is 5.43 Å². The number of nitrogens with zero attached hydrogens (tertiary/aromatic N) is 1. The predicted octanol–water partition coefficient (Wildman–Crippen LogP) is 2.50. The summed E-state index contributed by atoms with van der Waals surface area (Å²) in [6.45, 7) is 3.89. The van der Waals surface area contributed by atoms with Crippen molar-refractivity contribution in [1.82, 2.24) is 4.68 Å². The third kappa shape index (κ3) is 2.37. The maximum Gasteiger partial charge on any atom is 0.270 e. The Morgan fingerprint density at radius 2 is 1.61 bits per heavy atom. The van der Waals surface area contributed by atoms with Crippen molar-refractivity contribution in [2.24, 2.45) is 0 Å². The molecule has 1 heterocycles. The summed E-state index contributed by atoms with van der Waals surface area (Å²) in [6, 6.07) is 10.9. The summed E-state index contributed by atoms with van der Waals surface area (Å²) in [7, 11) is 1.60. The molecule has 4 heteroatoms. The molecular formula is C14H16N2O2. The van der Waals surface area contributed by atoms with Crippen LogP contribution in [0.5, 0.6) is 5.75 Å². The van der Waals surface area contributed by atoms with Crippen LogP contribution >= 0.6 is 0 Å². The van der Waals surface area contributed by atoms with Crippen LogP contribution in [0.4, 0.5) is 0 Å². The molecule has 1 amide bonds. The van der Waals surface area contributed by atoms with Gasteiger partial charge in [0.05, 0.1) is 7.11 Å². The summed E-state index contributed by atoms with van der Waals surface area (Å²) >= 11 is 0. The van der Waals surface area contributed by atoms with Gasteiger partial charge in [-0.2, -0.15) is 0 Å². The average Bonchev–Trinajstić information content (AvgIpc) is 2.70. The van der Waals surface area contributed by atoms with Gasteiger partial charge in [-0.05, 0) is 50.2 Å². The van der Waals surface area contributed by atoms with Crippen LogP contribution < -0.4 is 10.2 Å². The maximum atomic E-state index is 12.0. The van der Waals surface area contributed by atoms with Gasteiger partial charge in [0.1, 0.15) is 5.75 Å². The fraction of sp³-hybridized carbons (Fsp3) is 0.214. The summed E-state index contributed by atoms with van der Waals surface area (Å²) in [6.07, 6.45) is 0. The molecule has 0 atom stereocenters. The normalized spacial score (nSPS) is 10.2. The molecule has 2 aromatic rings. The van der Waals surface area contributed by atoms with E-state index in [-0.39, 0.29) is 5.91 Å². The first-order valence-electron chi connectivity index (χ1n) is 5.72. The summed E-state index contributed by atoms with van der Waals surface area (Å²) in [5, 5.41) is 0. The van der Waals surface area contributed by atoms with Crippen LogP contribution in [0.3, 0.4) is 0 Å². The molecule has 2 rings (SSSR count). The highest BCUT2D eigenvalue weighted by Crippen LogP contribution is 2.12. The molecule has 94 valence electrons. The standard InChI is InChI=1S/C14H16N2O2/c1-10-4-5-11(2)16(10)15-14(17)12-6-8-13(18-3)9-7-12/h4-9H,1-3H3,(H,15,17). The van der Waals surface area contributed by atoms with E-state index in [4.69, 9.17) is 4.74 Å². The third-order valence-corrected chi connectivity index (χ3v) is 2.84. The van der Waals surface area contributed by atoms with Crippen LogP contribution in [0.2, 0.25) is 0 Å². The van der Waals surface area contributed by atoms with Gasteiger partial charge in [0, 0.05) is 17.0 Å². The molecule has 0 fully saturated rings. The van der Waals surface area contributed by atoms with Crippen LogP contribution in [0.15, 0.2) is 36.4 Å². The molecule has 4 nitrogen and oxygen atoms in total. The number of rotatable bonds is 3. The number of aryl methyl sites for hydroxylation is 2. The molecule has 0 saturated carbocycles. The SMILES string of the molecule is COc1ccc(C(=O)Nn2c(C)ccc2C)cc1. The largest absolute Gasteiger partial charge is 0.497 e. The molecule has 0 aliphatic rings. The molecule has 0 aliphatic heterocycles. The van der Waals surface area contributed by atoms with Crippen molar-refractivity contribution in [3.63, 3.8) is 0 Å². The van der Waals surface area contributed by atoms with Crippen LogP contribution in [0.25, 0.3) is 0 Å². The van der Waals surface area contributed by atoms with E-state index in [1.54, 1.807) is 36.1 Å². The monoisotopic (exact) mass is 244 g/mol. The number of benzene rings is 1. The fourth-order valence-electron chi connectivity index (χ4n) is 1.75. The van der Waals surface area contributed by atoms with Gasteiger partial charge in [0.15, 0.2) is 0 Å². The number of hydrogen-bond acceptors (Lipinski definition) is 2. The summed E-state index contributed by atoms with van der Waals surface area (Å²) in [5.74, 6) is 0.597. The molecule has 0 unspecified atom stereocenters. The fourth-order valence-corrected chi connectivity index (χ4v) is 1.75. The highest BCUT2D eigenvalue weighted by atomic mass is 16.5. The van der Waals surface area contributed by atoms with Crippen molar-refractivity contribution in [3.05, 3.63) is 53.3 Å². The third-order valence-electron chi connectivity index (χ3n) is 2.84.